The maximum atomic E-state index is 13.6. The van der Waals surface area contributed by atoms with Crippen LogP contribution in [0.1, 0.15) is 33.4 Å². The van der Waals surface area contributed by atoms with E-state index in [-0.39, 0.29) is 16.5 Å². The average Bonchev–Trinajstić information content (AvgIpc) is 3.62. The zero-order valence-electron chi connectivity index (χ0n) is 21.6. The van der Waals surface area contributed by atoms with Crippen molar-refractivity contribution in [1.29, 1.82) is 0 Å². The van der Waals surface area contributed by atoms with Crippen molar-refractivity contribution in [3.05, 3.63) is 94.9 Å². The minimum atomic E-state index is -1.03. The Morgan fingerprint density at radius 3 is 2.52 bits per heavy atom. The van der Waals surface area contributed by atoms with Gasteiger partial charge in [-0.05, 0) is 55.0 Å². The number of hydrogen-bond acceptors (Lipinski definition) is 9. The van der Waals surface area contributed by atoms with Gasteiger partial charge in [0.25, 0.3) is 5.78 Å². The lowest BCUT2D eigenvalue weighted by Crippen LogP contribution is -2.29. The molecule has 6 rings (SSSR count). The number of esters is 1. The molecule has 1 aliphatic rings. The molecule has 1 amide bonds. The summed E-state index contributed by atoms with van der Waals surface area (Å²) >= 11 is 1.22. The standard InChI is InChI=1S/C29H22N4O6S/c1-15-23(32-13-5-4-6-21(32)30-15)25(34)22-24(16-7-9-17(10-8-16)28(37)39-3)33(27(36)26(22)35)29-31-19-12-11-18(38-2)14-20(19)40-29/h4-14,24,34H,1-3H3/b25-22+. The number of ether oxygens (including phenoxy) is 2. The number of carbonyl (C=O) groups is 3. The fourth-order valence-electron chi connectivity index (χ4n) is 4.91. The molecule has 1 aliphatic heterocycles. The van der Waals surface area contributed by atoms with Crippen LogP contribution >= 0.6 is 11.3 Å². The van der Waals surface area contributed by atoms with E-state index in [9.17, 15) is 19.5 Å². The smallest absolute Gasteiger partial charge is 0.337 e. The molecule has 2 aromatic carbocycles. The Labute approximate surface area is 231 Å². The molecular weight excluding hydrogens is 532 g/mol. The number of carbonyl (C=O) groups excluding carboxylic acids is 3. The number of fused-ring (bicyclic) bond motifs is 2. The lowest BCUT2D eigenvalue weighted by atomic mass is 9.95. The molecule has 1 fully saturated rings. The number of aliphatic hydroxyl groups is 1. The number of anilines is 1. The second-order valence-corrected chi connectivity index (χ2v) is 10.1. The van der Waals surface area contributed by atoms with Crippen molar-refractivity contribution in [2.75, 3.05) is 19.1 Å². The summed E-state index contributed by atoms with van der Waals surface area (Å²) in [5.74, 6) is -1.95. The van der Waals surface area contributed by atoms with Crippen molar-refractivity contribution in [3.8, 4) is 5.75 Å². The molecule has 0 saturated carbocycles. The van der Waals surface area contributed by atoms with Crippen molar-refractivity contribution in [2.24, 2.45) is 0 Å². The second-order valence-electron chi connectivity index (χ2n) is 9.09. The van der Waals surface area contributed by atoms with Crippen LogP contribution < -0.4 is 9.64 Å². The van der Waals surface area contributed by atoms with E-state index in [1.807, 2.05) is 6.07 Å². The monoisotopic (exact) mass is 554 g/mol. The van der Waals surface area contributed by atoms with Crippen LogP contribution in [0.4, 0.5) is 5.13 Å². The number of amides is 1. The fraction of sp³-hybridized carbons (Fsp3) is 0.138. The Bertz CT molecular complexity index is 1870. The van der Waals surface area contributed by atoms with Crippen LogP contribution in [0.3, 0.4) is 0 Å². The minimum absolute atomic E-state index is 0.110. The van der Waals surface area contributed by atoms with Crippen molar-refractivity contribution < 1.29 is 29.0 Å². The zero-order valence-corrected chi connectivity index (χ0v) is 22.4. The van der Waals surface area contributed by atoms with E-state index in [1.54, 1.807) is 79.2 Å². The molecule has 0 spiro atoms. The van der Waals surface area contributed by atoms with Crippen LogP contribution in [-0.4, -0.2) is 51.4 Å². The molecule has 0 radical (unpaired) electrons. The molecule has 200 valence electrons. The van der Waals surface area contributed by atoms with Gasteiger partial charge in [-0.1, -0.05) is 29.5 Å². The summed E-state index contributed by atoms with van der Waals surface area (Å²) in [5.41, 5.74) is 2.68. The molecule has 5 aromatic rings. The molecule has 1 atom stereocenters. The fourth-order valence-corrected chi connectivity index (χ4v) is 5.93. The number of aryl methyl sites for hydroxylation is 1. The molecule has 0 bridgehead atoms. The first-order chi connectivity index (χ1) is 19.3. The van der Waals surface area contributed by atoms with Crippen LogP contribution in [-0.2, 0) is 14.3 Å². The molecule has 11 heteroatoms. The lowest BCUT2D eigenvalue weighted by Gasteiger charge is -2.23. The first-order valence-corrected chi connectivity index (χ1v) is 13.0. The molecule has 1 N–H and O–H groups in total. The van der Waals surface area contributed by atoms with E-state index in [0.29, 0.717) is 39.4 Å². The molecular formula is C29H22N4O6S. The lowest BCUT2D eigenvalue weighted by molar-refractivity contribution is -0.132. The van der Waals surface area contributed by atoms with Crippen LogP contribution in [0, 0.1) is 6.92 Å². The van der Waals surface area contributed by atoms with E-state index < -0.39 is 23.7 Å². The van der Waals surface area contributed by atoms with E-state index >= 15 is 0 Å². The number of Topliss-reactive ketones (excluding diaryl/α,β-unsaturated/α-hetero) is 1. The first kappa shape index (κ1) is 25.3. The van der Waals surface area contributed by atoms with Gasteiger partial charge in [0.1, 0.15) is 17.1 Å². The van der Waals surface area contributed by atoms with E-state index in [4.69, 9.17) is 9.47 Å². The number of nitrogens with zero attached hydrogens (tertiary/aromatic N) is 4. The molecule has 4 heterocycles. The Morgan fingerprint density at radius 1 is 1.02 bits per heavy atom. The predicted molar refractivity (Wildman–Crippen MR) is 149 cm³/mol. The number of thiazole rings is 1. The van der Waals surface area contributed by atoms with Crippen LogP contribution in [0.25, 0.3) is 21.6 Å². The quantitative estimate of drug-likeness (QED) is 0.144. The van der Waals surface area contributed by atoms with Crippen LogP contribution in [0.2, 0.25) is 0 Å². The number of methoxy groups -OCH3 is 2. The number of ketones is 1. The Balaban J connectivity index is 1.58. The maximum absolute atomic E-state index is 13.6. The first-order valence-electron chi connectivity index (χ1n) is 12.2. The molecule has 10 nitrogen and oxygen atoms in total. The minimum Gasteiger partial charge on any atom is -0.505 e. The van der Waals surface area contributed by atoms with Gasteiger partial charge in [0.05, 0.1) is 47.3 Å². The van der Waals surface area contributed by atoms with Crippen molar-refractivity contribution in [1.82, 2.24) is 14.4 Å². The maximum Gasteiger partial charge on any atom is 0.337 e. The van der Waals surface area contributed by atoms with Crippen molar-refractivity contribution >= 4 is 55.8 Å². The highest BCUT2D eigenvalue weighted by Gasteiger charge is 2.48. The summed E-state index contributed by atoms with van der Waals surface area (Å²) < 4.78 is 12.5. The van der Waals surface area contributed by atoms with E-state index in [0.717, 1.165) is 4.70 Å². The van der Waals surface area contributed by atoms with Gasteiger partial charge in [0.15, 0.2) is 10.9 Å². The Morgan fingerprint density at radius 2 is 1.80 bits per heavy atom. The Hall–Kier alpha value is -5.03. The summed E-state index contributed by atoms with van der Waals surface area (Å²) in [4.78, 5) is 49.7. The second kappa shape index (κ2) is 9.62. The summed E-state index contributed by atoms with van der Waals surface area (Å²) in [7, 11) is 2.84. The van der Waals surface area contributed by atoms with Gasteiger partial charge in [-0.3, -0.25) is 18.9 Å². The number of hydrogen-bond donors (Lipinski definition) is 1. The topological polar surface area (TPSA) is 123 Å². The molecule has 1 saturated heterocycles. The molecule has 3 aromatic heterocycles. The van der Waals surface area contributed by atoms with Gasteiger partial charge < -0.3 is 14.6 Å². The number of pyridine rings is 1. The summed E-state index contributed by atoms with van der Waals surface area (Å²) in [6, 6.07) is 16.0. The SMILES string of the molecule is COC(=O)c1ccc(C2/C(=C(\O)c3c(C)nc4ccccn34)C(=O)C(=O)N2c2nc3ccc(OC)cc3s2)cc1. The van der Waals surface area contributed by atoms with E-state index in [2.05, 4.69) is 9.97 Å². The van der Waals surface area contributed by atoms with Crippen LogP contribution in [0.5, 0.6) is 5.75 Å². The highest BCUT2D eigenvalue weighted by molar-refractivity contribution is 7.22. The molecule has 0 aliphatic carbocycles. The van der Waals surface area contributed by atoms with Crippen LogP contribution in [0.15, 0.2) is 72.4 Å². The summed E-state index contributed by atoms with van der Waals surface area (Å²) in [6.07, 6.45) is 1.72. The van der Waals surface area contributed by atoms with E-state index in [1.165, 1.54) is 23.3 Å². The largest absolute Gasteiger partial charge is 0.505 e. The predicted octanol–water partition coefficient (Wildman–Crippen LogP) is 4.67. The number of rotatable bonds is 5. The van der Waals surface area contributed by atoms with Crippen molar-refractivity contribution in [3.63, 3.8) is 0 Å². The highest BCUT2D eigenvalue weighted by Crippen LogP contribution is 2.45. The number of benzene rings is 2. The van der Waals surface area contributed by atoms with Crippen molar-refractivity contribution in [2.45, 2.75) is 13.0 Å². The number of aromatic nitrogens is 3. The average molecular weight is 555 g/mol. The third-order valence-electron chi connectivity index (χ3n) is 6.81. The van der Waals surface area contributed by atoms with Gasteiger partial charge in [-0.25, -0.2) is 14.8 Å². The number of aliphatic hydroxyl groups excluding tert-OH is 1. The number of imidazole rings is 1. The summed E-state index contributed by atoms with van der Waals surface area (Å²) in [6.45, 7) is 1.72. The third kappa shape index (κ3) is 3.90. The molecule has 40 heavy (non-hydrogen) atoms. The highest BCUT2D eigenvalue weighted by atomic mass is 32.1. The third-order valence-corrected chi connectivity index (χ3v) is 7.83. The normalized spacial score (nSPS) is 16.7. The zero-order chi connectivity index (χ0) is 28.1. The van der Waals surface area contributed by atoms with Gasteiger partial charge in [-0.2, -0.15) is 0 Å². The van der Waals surface area contributed by atoms with Gasteiger partial charge >= 0.3 is 11.9 Å². The van der Waals surface area contributed by atoms with Gasteiger partial charge in [0.2, 0.25) is 0 Å². The van der Waals surface area contributed by atoms with Gasteiger partial charge in [-0.15, -0.1) is 0 Å². The Kier molecular flexibility index (Phi) is 6.07. The van der Waals surface area contributed by atoms with Gasteiger partial charge in [0, 0.05) is 6.20 Å². The molecule has 1 unspecified atom stereocenters. The summed E-state index contributed by atoms with van der Waals surface area (Å²) in [5, 5.41) is 12.0.